The number of hydrogen-bond donors (Lipinski definition) is 1. The molecular formula is C21H23ClN3O2S+. The average molecular weight is 417 g/mol. The molecule has 0 spiro atoms. The fourth-order valence-corrected chi connectivity index (χ4v) is 4.71. The van der Waals surface area contributed by atoms with Gasteiger partial charge < -0.3 is 9.64 Å². The summed E-state index contributed by atoms with van der Waals surface area (Å²) in [5.74, 6) is -0.0217. The molecule has 3 aromatic rings. The van der Waals surface area contributed by atoms with Gasteiger partial charge in [-0.1, -0.05) is 46.7 Å². The Morgan fingerprint density at radius 2 is 2.04 bits per heavy atom. The zero-order chi connectivity index (χ0) is 19.5. The van der Waals surface area contributed by atoms with Gasteiger partial charge in [-0.2, -0.15) is 0 Å². The van der Waals surface area contributed by atoms with E-state index in [4.69, 9.17) is 21.3 Å². The molecule has 2 aromatic carbocycles. The van der Waals surface area contributed by atoms with E-state index in [9.17, 15) is 4.79 Å². The molecule has 146 valence electrons. The van der Waals surface area contributed by atoms with Crippen LogP contribution in [0.4, 0.5) is 5.13 Å². The summed E-state index contributed by atoms with van der Waals surface area (Å²) in [6.07, 6.45) is 0. The number of aromatic nitrogens is 1. The van der Waals surface area contributed by atoms with Gasteiger partial charge in [0, 0.05) is 5.56 Å². The SMILES string of the molecule is Cc1cccc(C(=O)N(CC[NH+]2CCOCC2)c2nc3c(Cl)cccc3s2)c1. The van der Waals surface area contributed by atoms with E-state index in [1.165, 1.54) is 16.2 Å². The Morgan fingerprint density at radius 3 is 2.79 bits per heavy atom. The lowest BCUT2D eigenvalue weighted by Crippen LogP contribution is -3.14. The van der Waals surface area contributed by atoms with Crippen LogP contribution >= 0.6 is 22.9 Å². The maximum absolute atomic E-state index is 13.4. The molecular weight excluding hydrogens is 394 g/mol. The summed E-state index contributed by atoms with van der Waals surface area (Å²) in [4.78, 5) is 21.3. The number of benzene rings is 2. The van der Waals surface area contributed by atoms with Crippen LogP contribution in [-0.2, 0) is 4.74 Å². The molecule has 4 rings (SSSR count). The first kappa shape index (κ1) is 19.3. The highest BCUT2D eigenvalue weighted by atomic mass is 35.5. The highest BCUT2D eigenvalue weighted by Crippen LogP contribution is 2.33. The van der Waals surface area contributed by atoms with Gasteiger partial charge in [-0.3, -0.25) is 9.69 Å². The number of anilines is 1. The third-order valence-corrected chi connectivity index (χ3v) is 6.34. The summed E-state index contributed by atoms with van der Waals surface area (Å²) in [7, 11) is 0. The molecule has 7 heteroatoms. The van der Waals surface area contributed by atoms with Crippen molar-refractivity contribution < 1.29 is 14.4 Å². The molecule has 28 heavy (non-hydrogen) atoms. The Kier molecular flexibility index (Phi) is 5.92. The van der Waals surface area contributed by atoms with Crippen LogP contribution in [0.1, 0.15) is 15.9 Å². The predicted octanol–water partition coefficient (Wildman–Crippen LogP) is 2.82. The third-order valence-electron chi connectivity index (χ3n) is 4.99. The van der Waals surface area contributed by atoms with Gasteiger partial charge in [0.05, 0.1) is 36.0 Å². The number of nitrogens with zero attached hydrogens (tertiary/aromatic N) is 2. The number of ether oxygens (including phenoxy) is 1. The van der Waals surface area contributed by atoms with Gasteiger partial charge in [0.2, 0.25) is 0 Å². The number of quaternary nitrogens is 1. The minimum Gasteiger partial charge on any atom is -0.370 e. The van der Waals surface area contributed by atoms with Gasteiger partial charge in [-0.05, 0) is 31.2 Å². The number of thiazole rings is 1. The normalized spacial score (nSPS) is 15.1. The number of fused-ring (bicyclic) bond motifs is 1. The number of carbonyl (C=O) groups excluding carboxylic acids is 1. The fourth-order valence-electron chi connectivity index (χ4n) is 3.42. The Labute approximate surface area is 173 Å². The molecule has 0 atom stereocenters. The summed E-state index contributed by atoms with van der Waals surface area (Å²) in [6, 6.07) is 13.4. The lowest BCUT2D eigenvalue weighted by molar-refractivity contribution is -0.906. The Balaban J connectivity index is 1.65. The standard InChI is InChI=1S/C21H22ClN3O2S/c1-15-4-2-5-16(14-15)20(26)25(9-8-24-10-12-27-13-11-24)21-23-19-17(22)6-3-7-18(19)28-21/h2-7,14H,8-13H2,1H3/p+1. The van der Waals surface area contributed by atoms with Gasteiger partial charge in [-0.15, -0.1) is 0 Å². The molecule has 5 nitrogen and oxygen atoms in total. The van der Waals surface area contributed by atoms with E-state index < -0.39 is 0 Å². The van der Waals surface area contributed by atoms with Crippen LogP contribution < -0.4 is 9.80 Å². The van der Waals surface area contributed by atoms with Crippen molar-refractivity contribution in [3.05, 3.63) is 58.6 Å². The molecule has 0 bridgehead atoms. The van der Waals surface area contributed by atoms with Crippen LogP contribution in [-0.4, -0.2) is 50.3 Å². The fraction of sp³-hybridized carbons (Fsp3) is 0.333. The number of morpholine rings is 1. The maximum atomic E-state index is 13.4. The highest BCUT2D eigenvalue weighted by molar-refractivity contribution is 7.22. The van der Waals surface area contributed by atoms with Crippen molar-refractivity contribution in [2.24, 2.45) is 0 Å². The van der Waals surface area contributed by atoms with Gasteiger partial charge in [0.25, 0.3) is 5.91 Å². The summed E-state index contributed by atoms with van der Waals surface area (Å²) < 4.78 is 6.44. The van der Waals surface area contributed by atoms with E-state index in [0.29, 0.717) is 22.3 Å². The predicted molar refractivity (Wildman–Crippen MR) is 114 cm³/mol. The van der Waals surface area contributed by atoms with E-state index >= 15 is 0 Å². The van der Waals surface area contributed by atoms with Crippen LogP contribution in [0, 0.1) is 6.92 Å². The zero-order valence-corrected chi connectivity index (χ0v) is 17.4. The average Bonchev–Trinajstić information content (AvgIpc) is 3.14. The van der Waals surface area contributed by atoms with Crippen LogP contribution in [0.15, 0.2) is 42.5 Å². The number of hydrogen-bond acceptors (Lipinski definition) is 4. The van der Waals surface area contributed by atoms with E-state index in [0.717, 1.165) is 48.6 Å². The molecule has 1 fully saturated rings. The number of rotatable bonds is 5. The van der Waals surface area contributed by atoms with Crippen molar-refractivity contribution in [1.82, 2.24) is 4.98 Å². The minimum absolute atomic E-state index is 0.0217. The second kappa shape index (κ2) is 8.57. The van der Waals surface area contributed by atoms with E-state index in [1.807, 2.05) is 49.4 Å². The third kappa shape index (κ3) is 4.20. The van der Waals surface area contributed by atoms with Crippen molar-refractivity contribution in [3.63, 3.8) is 0 Å². The topological polar surface area (TPSA) is 46.9 Å². The van der Waals surface area contributed by atoms with Crippen molar-refractivity contribution in [2.45, 2.75) is 6.92 Å². The van der Waals surface area contributed by atoms with Crippen LogP contribution in [0.3, 0.4) is 0 Å². The molecule has 1 aromatic heterocycles. The smallest absolute Gasteiger partial charge is 0.260 e. The molecule has 0 saturated carbocycles. The van der Waals surface area contributed by atoms with Crippen molar-refractivity contribution in [1.29, 1.82) is 0 Å². The number of nitrogens with one attached hydrogen (secondary N) is 1. The summed E-state index contributed by atoms with van der Waals surface area (Å²) in [5.41, 5.74) is 2.50. The summed E-state index contributed by atoms with van der Waals surface area (Å²) in [5, 5.41) is 1.31. The van der Waals surface area contributed by atoms with Crippen molar-refractivity contribution in [2.75, 3.05) is 44.3 Å². The molecule has 0 aliphatic carbocycles. The first-order chi connectivity index (χ1) is 13.6. The molecule has 1 saturated heterocycles. The Bertz CT molecular complexity index is 985. The van der Waals surface area contributed by atoms with Crippen molar-refractivity contribution >= 4 is 44.2 Å². The van der Waals surface area contributed by atoms with Crippen LogP contribution in [0.25, 0.3) is 10.2 Å². The first-order valence-corrected chi connectivity index (χ1v) is 10.7. The zero-order valence-electron chi connectivity index (χ0n) is 15.8. The molecule has 1 amide bonds. The van der Waals surface area contributed by atoms with E-state index in [-0.39, 0.29) is 5.91 Å². The lowest BCUT2D eigenvalue weighted by atomic mass is 10.1. The molecule has 1 N–H and O–H groups in total. The molecule has 2 heterocycles. The van der Waals surface area contributed by atoms with Gasteiger partial charge in [0.1, 0.15) is 18.6 Å². The molecule has 1 aliphatic heterocycles. The number of amides is 1. The second-order valence-corrected chi connectivity index (χ2v) is 8.44. The maximum Gasteiger partial charge on any atom is 0.260 e. The lowest BCUT2D eigenvalue weighted by Gasteiger charge is -2.27. The van der Waals surface area contributed by atoms with Crippen LogP contribution in [0.5, 0.6) is 0 Å². The number of aryl methyl sites for hydroxylation is 1. The monoisotopic (exact) mass is 416 g/mol. The Morgan fingerprint density at radius 1 is 1.25 bits per heavy atom. The largest absolute Gasteiger partial charge is 0.370 e. The van der Waals surface area contributed by atoms with Gasteiger partial charge in [-0.25, -0.2) is 4.98 Å². The second-order valence-electron chi connectivity index (χ2n) is 7.02. The summed E-state index contributed by atoms with van der Waals surface area (Å²) in [6.45, 7) is 6.96. The quantitative estimate of drug-likeness (QED) is 0.695. The van der Waals surface area contributed by atoms with Gasteiger partial charge in [0.15, 0.2) is 5.13 Å². The van der Waals surface area contributed by atoms with Gasteiger partial charge >= 0.3 is 0 Å². The Hall–Kier alpha value is -1.99. The van der Waals surface area contributed by atoms with E-state index in [1.54, 1.807) is 4.90 Å². The number of para-hydroxylation sites is 1. The summed E-state index contributed by atoms with van der Waals surface area (Å²) >= 11 is 7.82. The minimum atomic E-state index is -0.0217. The number of carbonyl (C=O) groups is 1. The van der Waals surface area contributed by atoms with E-state index in [2.05, 4.69) is 0 Å². The van der Waals surface area contributed by atoms with Crippen LogP contribution in [0.2, 0.25) is 5.02 Å². The molecule has 1 aliphatic rings. The van der Waals surface area contributed by atoms with Crippen molar-refractivity contribution in [3.8, 4) is 0 Å². The highest BCUT2D eigenvalue weighted by Gasteiger charge is 2.24. The molecule has 0 unspecified atom stereocenters. The first-order valence-electron chi connectivity index (χ1n) is 9.47. The number of halogens is 1. The molecule has 0 radical (unpaired) electrons.